The number of rotatable bonds is 2. The summed E-state index contributed by atoms with van der Waals surface area (Å²) in [6, 6.07) is 8.32. The molecule has 3 heterocycles. The van der Waals surface area contributed by atoms with E-state index in [4.69, 9.17) is 16.0 Å². The normalized spacial score (nSPS) is 17.0. The topological polar surface area (TPSA) is 50.5 Å². The summed E-state index contributed by atoms with van der Waals surface area (Å²) in [5, 5.41) is 2.81. The van der Waals surface area contributed by atoms with Gasteiger partial charge in [0.25, 0.3) is 5.91 Å². The summed E-state index contributed by atoms with van der Waals surface area (Å²) >= 11 is 7.53. The highest BCUT2D eigenvalue weighted by Crippen LogP contribution is 2.39. The second-order valence-electron chi connectivity index (χ2n) is 5.32. The first kappa shape index (κ1) is 14.5. The molecule has 0 N–H and O–H groups in total. The van der Waals surface area contributed by atoms with Gasteiger partial charge in [0.1, 0.15) is 5.58 Å². The van der Waals surface area contributed by atoms with E-state index in [0.717, 1.165) is 4.88 Å². The van der Waals surface area contributed by atoms with E-state index in [0.29, 0.717) is 28.1 Å². The van der Waals surface area contributed by atoms with Crippen LogP contribution in [0.4, 0.5) is 0 Å². The van der Waals surface area contributed by atoms with Crippen molar-refractivity contribution in [3.05, 3.63) is 67.2 Å². The lowest BCUT2D eigenvalue weighted by Crippen LogP contribution is -2.28. The molecule has 23 heavy (non-hydrogen) atoms. The maximum Gasteiger partial charge on any atom is 0.290 e. The zero-order chi connectivity index (χ0) is 16.1. The van der Waals surface area contributed by atoms with Crippen LogP contribution >= 0.6 is 22.9 Å². The third-order valence-electron chi connectivity index (χ3n) is 4.08. The van der Waals surface area contributed by atoms with Crippen LogP contribution in [0.25, 0.3) is 11.0 Å². The van der Waals surface area contributed by atoms with Gasteiger partial charge in [-0.15, -0.1) is 11.3 Å². The minimum atomic E-state index is -0.387. The molecule has 1 amide bonds. The number of carbonyl (C=O) groups is 1. The van der Waals surface area contributed by atoms with Crippen molar-refractivity contribution in [3.8, 4) is 0 Å². The molecule has 3 aromatic rings. The Morgan fingerprint density at radius 1 is 1.30 bits per heavy atom. The van der Waals surface area contributed by atoms with E-state index in [1.807, 2.05) is 24.4 Å². The molecule has 1 atom stereocenters. The molecule has 0 saturated heterocycles. The Kier molecular flexibility index (Phi) is 3.28. The molecule has 4 nitrogen and oxygen atoms in total. The van der Waals surface area contributed by atoms with E-state index in [2.05, 4.69) is 0 Å². The van der Waals surface area contributed by atoms with Crippen molar-refractivity contribution in [1.82, 2.24) is 4.90 Å². The molecule has 2 aromatic heterocycles. The van der Waals surface area contributed by atoms with Crippen molar-refractivity contribution in [3.63, 3.8) is 0 Å². The molecule has 0 spiro atoms. The molecule has 6 heteroatoms. The van der Waals surface area contributed by atoms with Crippen molar-refractivity contribution in [2.24, 2.45) is 0 Å². The Morgan fingerprint density at radius 2 is 2.13 bits per heavy atom. The highest BCUT2D eigenvalue weighted by molar-refractivity contribution is 7.10. The maximum absolute atomic E-state index is 13.0. The summed E-state index contributed by atoms with van der Waals surface area (Å²) in [5.74, 6) is -0.0973. The Hall–Kier alpha value is -2.11. The number of benzene rings is 1. The van der Waals surface area contributed by atoms with Crippen LogP contribution in [0.2, 0.25) is 5.02 Å². The minimum absolute atomic E-state index is 0.144. The first-order valence-electron chi connectivity index (χ1n) is 7.22. The predicted molar refractivity (Wildman–Crippen MR) is 90.4 cm³/mol. The average molecular weight is 346 g/mol. The molecule has 0 unspecified atom stereocenters. The predicted octanol–water partition coefficient (Wildman–Crippen LogP) is 4.07. The van der Waals surface area contributed by atoms with Crippen molar-refractivity contribution < 1.29 is 9.21 Å². The first-order chi connectivity index (χ1) is 11.1. The lowest BCUT2D eigenvalue weighted by molar-refractivity contribution is 0.0739. The molecule has 0 aliphatic carbocycles. The molecule has 1 aliphatic heterocycles. The van der Waals surface area contributed by atoms with Gasteiger partial charge in [-0.05, 0) is 36.6 Å². The summed E-state index contributed by atoms with van der Waals surface area (Å²) < 4.78 is 5.77. The lowest BCUT2D eigenvalue weighted by Gasteiger charge is -2.21. The van der Waals surface area contributed by atoms with Crippen molar-refractivity contribution in [2.45, 2.75) is 13.0 Å². The van der Waals surface area contributed by atoms with Gasteiger partial charge < -0.3 is 9.32 Å². The summed E-state index contributed by atoms with van der Waals surface area (Å²) in [4.78, 5) is 28.3. The van der Waals surface area contributed by atoms with Crippen LogP contribution in [0.3, 0.4) is 0 Å². The third-order valence-corrected chi connectivity index (χ3v) is 5.24. The van der Waals surface area contributed by atoms with Gasteiger partial charge in [-0.25, -0.2) is 0 Å². The Bertz CT molecular complexity index is 977. The number of amides is 1. The molecule has 1 aromatic carbocycles. The van der Waals surface area contributed by atoms with Crippen LogP contribution in [0.5, 0.6) is 0 Å². The van der Waals surface area contributed by atoms with Crippen molar-refractivity contribution in [1.29, 1.82) is 0 Å². The van der Waals surface area contributed by atoms with Gasteiger partial charge in [-0.2, -0.15) is 0 Å². The second kappa shape index (κ2) is 5.22. The SMILES string of the molecule is CCN1C(=O)c2oc3ccc(Cl)cc3c(=O)c2[C@H]1c1cccs1. The van der Waals surface area contributed by atoms with Gasteiger partial charge in [0, 0.05) is 16.4 Å². The smallest absolute Gasteiger partial charge is 0.290 e. The van der Waals surface area contributed by atoms with E-state index < -0.39 is 0 Å². The Labute approximate surface area is 140 Å². The summed E-state index contributed by atoms with van der Waals surface area (Å²) in [6.45, 7) is 2.40. The Balaban J connectivity index is 2.07. The number of carbonyl (C=O) groups excluding carboxylic acids is 1. The zero-order valence-corrected chi connectivity index (χ0v) is 13.8. The van der Waals surface area contributed by atoms with Gasteiger partial charge in [0.2, 0.25) is 5.76 Å². The minimum Gasteiger partial charge on any atom is -0.450 e. The number of nitrogens with zero attached hydrogens (tertiary/aromatic N) is 1. The maximum atomic E-state index is 13.0. The van der Waals surface area contributed by atoms with E-state index >= 15 is 0 Å². The lowest BCUT2D eigenvalue weighted by atomic mass is 10.0. The van der Waals surface area contributed by atoms with Crippen molar-refractivity contribution in [2.75, 3.05) is 6.54 Å². The molecule has 0 bridgehead atoms. The number of fused-ring (bicyclic) bond motifs is 2. The van der Waals surface area contributed by atoms with Gasteiger partial charge >= 0.3 is 0 Å². The molecule has 0 radical (unpaired) electrons. The molecule has 0 saturated carbocycles. The molecule has 4 rings (SSSR count). The summed E-state index contributed by atoms with van der Waals surface area (Å²) in [7, 11) is 0. The fraction of sp³-hybridized carbons (Fsp3) is 0.176. The highest BCUT2D eigenvalue weighted by atomic mass is 35.5. The van der Waals surface area contributed by atoms with Gasteiger partial charge in [0.15, 0.2) is 5.43 Å². The van der Waals surface area contributed by atoms with Crippen LogP contribution in [-0.4, -0.2) is 17.4 Å². The quantitative estimate of drug-likeness (QED) is 0.703. The largest absolute Gasteiger partial charge is 0.450 e. The van der Waals surface area contributed by atoms with Crippen molar-refractivity contribution >= 4 is 39.8 Å². The molecule has 0 fully saturated rings. The average Bonchev–Trinajstić information content (AvgIpc) is 3.15. The van der Waals surface area contributed by atoms with Gasteiger partial charge in [-0.3, -0.25) is 9.59 Å². The van der Waals surface area contributed by atoms with Crippen LogP contribution in [0.15, 0.2) is 44.9 Å². The van der Waals surface area contributed by atoms with Crippen LogP contribution in [0, 0.1) is 0 Å². The van der Waals surface area contributed by atoms with Crippen LogP contribution in [0.1, 0.15) is 34.0 Å². The first-order valence-corrected chi connectivity index (χ1v) is 8.48. The Morgan fingerprint density at radius 3 is 2.83 bits per heavy atom. The second-order valence-corrected chi connectivity index (χ2v) is 6.74. The number of hydrogen-bond donors (Lipinski definition) is 0. The van der Waals surface area contributed by atoms with E-state index in [1.54, 1.807) is 23.1 Å². The summed E-state index contributed by atoms with van der Waals surface area (Å²) in [6.07, 6.45) is 0. The fourth-order valence-corrected chi connectivity index (χ4v) is 4.08. The highest BCUT2D eigenvalue weighted by Gasteiger charge is 2.42. The van der Waals surface area contributed by atoms with Crippen LogP contribution in [-0.2, 0) is 0 Å². The molecular formula is C17H12ClNO3S. The van der Waals surface area contributed by atoms with Crippen LogP contribution < -0.4 is 5.43 Å². The number of halogens is 1. The monoisotopic (exact) mass is 345 g/mol. The fourth-order valence-electron chi connectivity index (χ4n) is 3.06. The number of thiophene rings is 1. The van der Waals surface area contributed by atoms with Gasteiger partial charge in [0.05, 0.1) is 17.0 Å². The number of hydrogen-bond acceptors (Lipinski definition) is 4. The standard InChI is InChI=1S/C17H12ClNO3S/c1-2-19-14(12-4-3-7-23-12)13-15(20)10-8-9(18)5-6-11(10)22-16(13)17(19)21/h3-8,14H,2H2,1H3/t14-/m1/s1. The summed E-state index contributed by atoms with van der Waals surface area (Å²) in [5.41, 5.74) is 0.606. The van der Waals surface area contributed by atoms with E-state index in [1.165, 1.54) is 11.3 Å². The van der Waals surface area contributed by atoms with Gasteiger partial charge in [-0.1, -0.05) is 17.7 Å². The molecular weight excluding hydrogens is 334 g/mol. The molecule has 1 aliphatic rings. The van der Waals surface area contributed by atoms with E-state index in [-0.39, 0.29) is 23.1 Å². The van der Waals surface area contributed by atoms with E-state index in [9.17, 15) is 9.59 Å². The third kappa shape index (κ3) is 2.04. The zero-order valence-electron chi connectivity index (χ0n) is 12.2. The molecule has 116 valence electrons.